The van der Waals surface area contributed by atoms with Crippen molar-refractivity contribution in [1.29, 1.82) is 5.41 Å². The van der Waals surface area contributed by atoms with E-state index in [4.69, 9.17) is 26.4 Å². The molecule has 5 N–H and O–H groups in total. The van der Waals surface area contributed by atoms with Gasteiger partial charge in [-0.15, -0.1) is 11.3 Å². The molecule has 1 aromatic heterocycles. The molecule has 4 aromatic rings. The molecule has 1 saturated heterocycles. The van der Waals surface area contributed by atoms with Crippen LogP contribution in [0.1, 0.15) is 32.8 Å². The molecular weight excluding hydrogens is 578 g/mol. The number of nitrogens with zero attached hydrogens (tertiary/aromatic N) is 2. The van der Waals surface area contributed by atoms with Crippen LogP contribution in [0.25, 0.3) is 0 Å². The normalized spacial score (nSPS) is 15.9. The number of amides is 3. The Morgan fingerprint density at radius 3 is 2.30 bits per heavy atom. The zero-order valence-corrected chi connectivity index (χ0v) is 25.0. The highest BCUT2D eigenvalue weighted by Gasteiger charge is 2.40. The van der Waals surface area contributed by atoms with Gasteiger partial charge >= 0.3 is 0 Å². The SMILES string of the molecule is Cc1cccc(O[C@H]2C[C@@H](C(N)=O)N(C(=O)CN(Cc3cc(C(=N)N)cs3)C(=O)c3ccc(Oc4ccccc4)cc3)C2)c1. The van der Waals surface area contributed by atoms with Crippen LogP contribution in [0.15, 0.2) is 90.3 Å². The topological polar surface area (TPSA) is 152 Å². The lowest BCUT2D eigenvalue weighted by Gasteiger charge is -2.27. The standard InChI is InChI=1S/C33H33N5O5S/c1-21-6-5-9-26(14-21)43-27-16-29(32(36)40)38(17-27)30(39)19-37(18-28-15-23(20-44-28)31(34)35)33(41)22-10-12-25(13-11-22)42-24-7-3-2-4-8-24/h2-15,20,27,29H,16-19H2,1H3,(H3,34,35)(H2,36,40)/t27-,29-/m0/s1. The number of amidine groups is 1. The lowest BCUT2D eigenvalue weighted by molar-refractivity contribution is -0.137. The lowest BCUT2D eigenvalue weighted by Crippen LogP contribution is -2.48. The van der Waals surface area contributed by atoms with E-state index in [0.717, 1.165) is 10.4 Å². The van der Waals surface area contributed by atoms with Gasteiger partial charge in [0.05, 0.1) is 13.1 Å². The largest absolute Gasteiger partial charge is 0.488 e. The van der Waals surface area contributed by atoms with Gasteiger partial charge in [0.25, 0.3) is 5.91 Å². The molecule has 226 valence electrons. The number of nitrogens with two attached hydrogens (primary N) is 2. The van der Waals surface area contributed by atoms with Crippen molar-refractivity contribution in [2.45, 2.75) is 32.0 Å². The summed E-state index contributed by atoms with van der Waals surface area (Å²) in [7, 11) is 0. The Kier molecular flexibility index (Phi) is 9.25. The number of thiophene rings is 1. The molecule has 0 radical (unpaired) electrons. The Labute approximate surface area is 259 Å². The fourth-order valence-corrected chi connectivity index (χ4v) is 5.93. The highest BCUT2D eigenvalue weighted by molar-refractivity contribution is 7.10. The van der Waals surface area contributed by atoms with Crippen LogP contribution in [0.2, 0.25) is 0 Å². The number of nitrogens with one attached hydrogen (secondary N) is 1. The zero-order valence-electron chi connectivity index (χ0n) is 24.1. The molecule has 1 fully saturated rings. The minimum atomic E-state index is -0.866. The fourth-order valence-electron chi connectivity index (χ4n) is 5.03. The second-order valence-corrected chi connectivity index (χ2v) is 11.6. The van der Waals surface area contributed by atoms with Gasteiger partial charge in [-0.2, -0.15) is 0 Å². The monoisotopic (exact) mass is 611 g/mol. The lowest BCUT2D eigenvalue weighted by atomic mass is 10.1. The molecule has 0 unspecified atom stereocenters. The van der Waals surface area contributed by atoms with Crippen LogP contribution in [0.3, 0.4) is 0 Å². The summed E-state index contributed by atoms with van der Waals surface area (Å²) in [5, 5.41) is 9.46. The van der Waals surface area contributed by atoms with Crippen LogP contribution in [-0.2, 0) is 16.1 Å². The number of likely N-dealkylation sites (tertiary alicyclic amines) is 1. The molecule has 0 aliphatic carbocycles. The zero-order chi connectivity index (χ0) is 31.2. The maximum absolute atomic E-state index is 13.8. The minimum Gasteiger partial charge on any atom is -0.488 e. The third-order valence-corrected chi connectivity index (χ3v) is 8.13. The third-order valence-electron chi connectivity index (χ3n) is 7.21. The van der Waals surface area contributed by atoms with Gasteiger partial charge in [0.15, 0.2) is 0 Å². The average molecular weight is 612 g/mol. The summed E-state index contributed by atoms with van der Waals surface area (Å²) < 4.78 is 11.9. The van der Waals surface area contributed by atoms with Gasteiger partial charge in [-0.05, 0) is 67.1 Å². The number of nitrogen functional groups attached to an aromatic ring is 1. The Morgan fingerprint density at radius 1 is 0.932 bits per heavy atom. The summed E-state index contributed by atoms with van der Waals surface area (Å²) in [6, 6.07) is 24.3. The number of benzene rings is 3. The smallest absolute Gasteiger partial charge is 0.254 e. The molecule has 3 aromatic carbocycles. The van der Waals surface area contributed by atoms with Gasteiger partial charge in [-0.25, -0.2) is 0 Å². The number of para-hydroxylation sites is 1. The van der Waals surface area contributed by atoms with Gasteiger partial charge in [0.1, 0.15) is 41.8 Å². The van der Waals surface area contributed by atoms with Crippen LogP contribution < -0.4 is 20.9 Å². The van der Waals surface area contributed by atoms with Gasteiger partial charge < -0.3 is 30.7 Å². The molecule has 44 heavy (non-hydrogen) atoms. The summed E-state index contributed by atoms with van der Waals surface area (Å²) in [5.41, 5.74) is 13.3. The van der Waals surface area contributed by atoms with E-state index < -0.39 is 24.0 Å². The van der Waals surface area contributed by atoms with E-state index in [1.165, 1.54) is 21.1 Å². The Morgan fingerprint density at radius 2 is 1.64 bits per heavy atom. The third kappa shape index (κ3) is 7.42. The van der Waals surface area contributed by atoms with Crippen molar-refractivity contribution in [3.8, 4) is 17.2 Å². The summed E-state index contributed by atoms with van der Waals surface area (Å²) >= 11 is 1.34. The maximum Gasteiger partial charge on any atom is 0.254 e. The average Bonchev–Trinajstić information content (AvgIpc) is 3.65. The Hall–Kier alpha value is -5.16. The molecule has 3 amide bonds. The molecule has 0 bridgehead atoms. The predicted octanol–water partition coefficient (Wildman–Crippen LogP) is 4.31. The number of primary amides is 1. The molecule has 0 saturated carbocycles. The van der Waals surface area contributed by atoms with Crippen molar-refractivity contribution in [2.24, 2.45) is 11.5 Å². The van der Waals surface area contributed by atoms with E-state index in [-0.39, 0.29) is 37.8 Å². The highest BCUT2D eigenvalue weighted by Crippen LogP contribution is 2.26. The Bertz CT molecular complexity index is 1660. The predicted molar refractivity (Wildman–Crippen MR) is 168 cm³/mol. The van der Waals surface area contributed by atoms with E-state index in [9.17, 15) is 14.4 Å². The van der Waals surface area contributed by atoms with Crippen molar-refractivity contribution in [2.75, 3.05) is 13.1 Å². The first-order valence-corrected chi connectivity index (χ1v) is 14.9. The van der Waals surface area contributed by atoms with Crippen LogP contribution in [-0.4, -0.2) is 58.6 Å². The first kappa shape index (κ1) is 30.3. The van der Waals surface area contributed by atoms with Gasteiger partial charge in [0.2, 0.25) is 11.8 Å². The molecular formula is C33H33N5O5S. The van der Waals surface area contributed by atoms with E-state index in [0.29, 0.717) is 28.4 Å². The van der Waals surface area contributed by atoms with Crippen molar-refractivity contribution >= 4 is 34.9 Å². The minimum absolute atomic E-state index is 0.0866. The quantitative estimate of drug-likeness (QED) is 0.170. The van der Waals surface area contributed by atoms with Crippen molar-refractivity contribution in [3.63, 3.8) is 0 Å². The molecule has 10 nitrogen and oxygen atoms in total. The first-order valence-electron chi connectivity index (χ1n) is 14.0. The molecule has 1 aliphatic rings. The Balaban J connectivity index is 1.34. The molecule has 5 rings (SSSR count). The maximum atomic E-state index is 13.8. The molecule has 11 heteroatoms. The molecule has 2 atom stereocenters. The van der Waals surface area contributed by atoms with Crippen LogP contribution >= 0.6 is 11.3 Å². The number of rotatable bonds is 11. The van der Waals surface area contributed by atoms with Crippen LogP contribution in [0.5, 0.6) is 17.2 Å². The van der Waals surface area contributed by atoms with E-state index in [1.807, 2.05) is 61.5 Å². The van der Waals surface area contributed by atoms with Gasteiger partial charge in [-0.3, -0.25) is 19.8 Å². The summed E-state index contributed by atoms with van der Waals surface area (Å²) in [6.45, 7) is 1.91. The number of ether oxygens (including phenoxy) is 2. The molecule has 2 heterocycles. The van der Waals surface area contributed by atoms with Crippen LogP contribution in [0, 0.1) is 12.3 Å². The number of hydrogen-bond acceptors (Lipinski definition) is 7. The van der Waals surface area contributed by atoms with Gasteiger partial charge in [0, 0.05) is 27.8 Å². The summed E-state index contributed by atoms with van der Waals surface area (Å²) in [4.78, 5) is 43.5. The first-order chi connectivity index (χ1) is 21.2. The molecule has 0 spiro atoms. The second-order valence-electron chi connectivity index (χ2n) is 10.6. The van der Waals surface area contributed by atoms with Crippen molar-refractivity contribution in [1.82, 2.24) is 9.80 Å². The highest BCUT2D eigenvalue weighted by atomic mass is 32.1. The van der Waals surface area contributed by atoms with E-state index >= 15 is 0 Å². The number of carbonyl (C=O) groups is 3. The summed E-state index contributed by atoms with van der Waals surface area (Å²) in [6.07, 6.45) is -0.186. The number of carbonyl (C=O) groups excluding carboxylic acids is 3. The van der Waals surface area contributed by atoms with E-state index in [2.05, 4.69) is 0 Å². The number of aryl methyl sites for hydroxylation is 1. The van der Waals surface area contributed by atoms with Crippen molar-refractivity contribution < 1.29 is 23.9 Å². The molecule has 1 aliphatic heterocycles. The van der Waals surface area contributed by atoms with Gasteiger partial charge in [-0.1, -0.05) is 30.3 Å². The van der Waals surface area contributed by atoms with Crippen molar-refractivity contribution in [3.05, 3.63) is 112 Å². The summed E-state index contributed by atoms with van der Waals surface area (Å²) in [5.74, 6) is 0.330. The second kappa shape index (κ2) is 13.4. The van der Waals surface area contributed by atoms with Crippen LogP contribution in [0.4, 0.5) is 0 Å². The van der Waals surface area contributed by atoms with E-state index in [1.54, 1.807) is 35.7 Å². The number of hydrogen-bond donors (Lipinski definition) is 3. The fraction of sp³-hybridized carbons (Fsp3) is 0.212.